The molecule has 0 unspecified atom stereocenters. The van der Waals surface area contributed by atoms with Crippen LogP contribution in [0, 0.1) is 12.8 Å². The van der Waals surface area contributed by atoms with Gasteiger partial charge in [0.1, 0.15) is 17.6 Å². The summed E-state index contributed by atoms with van der Waals surface area (Å²) in [6.07, 6.45) is 4.94. The molecule has 0 aromatic heterocycles. The summed E-state index contributed by atoms with van der Waals surface area (Å²) in [5.41, 5.74) is 2.57. The third kappa shape index (κ3) is 2.36. The zero-order valence-corrected chi connectivity index (χ0v) is 10.2. The number of carbonyl (C=O) groups excluding carboxylic acids is 1. The number of hydrogen-bond acceptors (Lipinski definition) is 2. The Morgan fingerprint density at radius 2 is 2.18 bits per heavy atom. The van der Waals surface area contributed by atoms with Gasteiger partial charge in [0.2, 0.25) is 0 Å². The first-order chi connectivity index (χ1) is 8.22. The lowest BCUT2D eigenvalue weighted by atomic mass is 9.97. The van der Waals surface area contributed by atoms with Crippen molar-refractivity contribution >= 4 is 5.78 Å². The highest BCUT2D eigenvalue weighted by Crippen LogP contribution is 2.34. The minimum Gasteiger partial charge on any atom is -0.490 e. The Bertz CT molecular complexity index is 446. The van der Waals surface area contributed by atoms with Crippen molar-refractivity contribution in [3.8, 4) is 5.75 Å². The van der Waals surface area contributed by atoms with Gasteiger partial charge in [-0.3, -0.25) is 4.79 Å². The van der Waals surface area contributed by atoms with E-state index in [0.29, 0.717) is 18.1 Å². The van der Waals surface area contributed by atoms with Crippen molar-refractivity contribution in [2.45, 2.75) is 45.1 Å². The van der Waals surface area contributed by atoms with Gasteiger partial charge in [-0.25, -0.2) is 0 Å². The molecule has 1 atom stereocenters. The van der Waals surface area contributed by atoms with Gasteiger partial charge in [0, 0.05) is 12.3 Å². The predicted molar refractivity (Wildman–Crippen MR) is 66.3 cm³/mol. The van der Waals surface area contributed by atoms with E-state index in [9.17, 15) is 4.79 Å². The van der Waals surface area contributed by atoms with Crippen LogP contribution in [0.5, 0.6) is 5.75 Å². The fourth-order valence-corrected chi connectivity index (χ4v) is 2.51. The molecule has 2 aliphatic rings. The number of aryl methyl sites for hydroxylation is 2. The Morgan fingerprint density at radius 1 is 1.35 bits per heavy atom. The third-order valence-corrected chi connectivity index (χ3v) is 3.71. The molecule has 1 fully saturated rings. The molecule has 0 bridgehead atoms. The van der Waals surface area contributed by atoms with Crippen LogP contribution in [0.2, 0.25) is 0 Å². The molecule has 17 heavy (non-hydrogen) atoms. The van der Waals surface area contributed by atoms with Crippen molar-refractivity contribution in [3.05, 3.63) is 29.3 Å². The lowest BCUT2D eigenvalue weighted by Gasteiger charge is -2.26. The molecule has 2 heteroatoms. The highest BCUT2D eigenvalue weighted by molar-refractivity contribution is 5.83. The fraction of sp³-hybridized carbons (Fsp3) is 0.533. The second-order valence-electron chi connectivity index (χ2n) is 5.33. The number of fused-ring (bicyclic) bond motifs is 1. The molecule has 1 aromatic rings. The number of rotatable bonds is 3. The molecule has 1 aromatic carbocycles. The first-order valence-electron chi connectivity index (χ1n) is 6.51. The zero-order valence-electron chi connectivity index (χ0n) is 10.2. The molecular weight excluding hydrogens is 212 g/mol. The van der Waals surface area contributed by atoms with Gasteiger partial charge in [-0.2, -0.15) is 0 Å². The average molecular weight is 230 g/mol. The van der Waals surface area contributed by atoms with Gasteiger partial charge in [-0.15, -0.1) is 0 Å². The summed E-state index contributed by atoms with van der Waals surface area (Å²) in [6.45, 7) is 2.10. The SMILES string of the molecule is Cc1ccc2c(c1)CC[C@H](CC(=O)C1CC1)O2. The van der Waals surface area contributed by atoms with Gasteiger partial charge in [0.15, 0.2) is 0 Å². The highest BCUT2D eigenvalue weighted by Gasteiger charge is 2.32. The molecule has 1 aliphatic carbocycles. The number of Topliss-reactive ketones (excluding diaryl/α,β-unsaturated/α-hetero) is 1. The molecule has 0 saturated heterocycles. The largest absolute Gasteiger partial charge is 0.490 e. The Hall–Kier alpha value is -1.31. The van der Waals surface area contributed by atoms with Crippen molar-refractivity contribution in [3.63, 3.8) is 0 Å². The van der Waals surface area contributed by atoms with Gasteiger partial charge >= 0.3 is 0 Å². The first-order valence-corrected chi connectivity index (χ1v) is 6.51. The molecule has 0 N–H and O–H groups in total. The van der Waals surface area contributed by atoms with Crippen LogP contribution in [-0.4, -0.2) is 11.9 Å². The van der Waals surface area contributed by atoms with Crippen molar-refractivity contribution in [2.75, 3.05) is 0 Å². The molecule has 1 saturated carbocycles. The van der Waals surface area contributed by atoms with E-state index < -0.39 is 0 Å². The van der Waals surface area contributed by atoms with E-state index in [2.05, 4.69) is 19.1 Å². The third-order valence-electron chi connectivity index (χ3n) is 3.71. The summed E-state index contributed by atoms with van der Waals surface area (Å²) >= 11 is 0. The second kappa shape index (κ2) is 4.17. The van der Waals surface area contributed by atoms with Crippen LogP contribution in [0.15, 0.2) is 18.2 Å². The summed E-state index contributed by atoms with van der Waals surface area (Å²) in [5, 5.41) is 0. The zero-order chi connectivity index (χ0) is 11.8. The molecule has 1 aliphatic heterocycles. The van der Waals surface area contributed by atoms with Gasteiger partial charge in [-0.1, -0.05) is 17.7 Å². The molecule has 90 valence electrons. The van der Waals surface area contributed by atoms with E-state index in [1.54, 1.807) is 0 Å². The van der Waals surface area contributed by atoms with Crippen LogP contribution in [0.3, 0.4) is 0 Å². The van der Waals surface area contributed by atoms with Crippen LogP contribution in [0.25, 0.3) is 0 Å². The summed E-state index contributed by atoms with van der Waals surface area (Å²) in [7, 11) is 0. The van der Waals surface area contributed by atoms with E-state index in [1.807, 2.05) is 6.07 Å². The monoisotopic (exact) mass is 230 g/mol. The average Bonchev–Trinajstić information content (AvgIpc) is 3.13. The van der Waals surface area contributed by atoms with Crippen LogP contribution in [0.4, 0.5) is 0 Å². The Morgan fingerprint density at radius 3 is 2.94 bits per heavy atom. The molecule has 0 spiro atoms. The number of hydrogen-bond donors (Lipinski definition) is 0. The van der Waals surface area contributed by atoms with E-state index >= 15 is 0 Å². The minimum absolute atomic E-state index is 0.110. The summed E-state index contributed by atoms with van der Waals surface area (Å²) < 4.78 is 5.91. The second-order valence-corrected chi connectivity index (χ2v) is 5.33. The maximum Gasteiger partial charge on any atom is 0.139 e. The van der Waals surface area contributed by atoms with Gasteiger partial charge in [0.05, 0.1) is 0 Å². The predicted octanol–water partition coefficient (Wildman–Crippen LogP) is 3.06. The normalized spacial score (nSPS) is 22.8. The Labute approximate surface area is 102 Å². The van der Waals surface area contributed by atoms with Crippen molar-refractivity contribution in [1.29, 1.82) is 0 Å². The molecule has 0 radical (unpaired) electrons. The van der Waals surface area contributed by atoms with E-state index in [0.717, 1.165) is 31.4 Å². The molecule has 0 amide bonds. The number of carbonyl (C=O) groups is 1. The molecular formula is C15H18O2. The topological polar surface area (TPSA) is 26.3 Å². The standard InChI is InChI=1S/C15H18O2/c1-10-2-7-15-12(8-10)5-6-13(17-15)9-14(16)11-3-4-11/h2,7-8,11,13H,3-6,9H2,1H3/t13-/m1/s1. The van der Waals surface area contributed by atoms with Gasteiger partial charge in [0.25, 0.3) is 0 Å². The smallest absolute Gasteiger partial charge is 0.139 e. The van der Waals surface area contributed by atoms with Crippen LogP contribution >= 0.6 is 0 Å². The van der Waals surface area contributed by atoms with E-state index in [-0.39, 0.29) is 6.10 Å². The van der Waals surface area contributed by atoms with Crippen LogP contribution in [0.1, 0.15) is 36.8 Å². The lowest BCUT2D eigenvalue weighted by Crippen LogP contribution is -2.26. The molecule has 3 rings (SSSR count). The van der Waals surface area contributed by atoms with E-state index in [4.69, 9.17) is 4.74 Å². The van der Waals surface area contributed by atoms with Crippen LogP contribution < -0.4 is 4.74 Å². The van der Waals surface area contributed by atoms with Crippen molar-refractivity contribution in [2.24, 2.45) is 5.92 Å². The first kappa shape index (κ1) is 10.8. The quantitative estimate of drug-likeness (QED) is 0.797. The Kier molecular flexibility index (Phi) is 2.65. The summed E-state index contributed by atoms with van der Waals surface area (Å²) in [4.78, 5) is 11.8. The summed E-state index contributed by atoms with van der Waals surface area (Å²) in [5.74, 6) is 1.75. The lowest BCUT2D eigenvalue weighted by molar-refractivity contribution is -0.122. The van der Waals surface area contributed by atoms with Gasteiger partial charge < -0.3 is 4.74 Å². The minimum atomic E-state index is 0.110. The summed E-state index contributed by atoms with van der Waals surface area (Å²) in [6, 6.07) is 6.30. The van der Waals surface area contributed by atoms with Crippen molar-refractivity contribution in [1.82, 2.24) is 0 Å². The number of ether oxygens (including phenoxy) is 1. The molecule has 2 nitrogen and oxygen atoms in total. The maximum absolute atomic E-state index is 11.8. The number of benzene rings is 1. The fourth-order valence-electron chi connectivity index (χ4n) is 2.51. The van der Waals surface area contributed by atoms with Gasteiger partial charge in [-0.05, 0) is 44.2 Å². The van der Waals surface area contributed by atoms with Crippen LogP contribution in [-0.2, 0) is 11.2 Å². The number of ketones is 1. The van der Waals surface area contributed by atoms with Crippen molar-refractivity contribution < 1.29 is 9.53 Å². The highest BCUT2D eigenvalue weighted by atomic mass is 16.5. The van der Waals surface area contributed by atoms with E-state index in [1.165, 1.54) is 11.1 Å². The maximum atomic E-state index is 11.8. The molecule has 1 heterocycles. The Balaban J connectivity index is 1.67.